The number of aromatic nitrogens is 1. The lowest BCUT2D eigenvalue weighted by Gasteiger charge is -2.37. The zero-order valence-corrected chi connectivity index (χ0v) is 16.4. The third-order valence-electron chi connectivity index (χ3n) is 5.50. The molecule has 28 heavy (non-hydrogen) atoms. The normalized spacial score (nSPS) is 21.2. The van der Waals surface area contributed by atoms with Crippen molar-refractivity contribution in [1.29, 1.82) is 0 Å². The first kappa shape index (κ1) is 18.9. The summed E-state index contributed by atoms with van der Waals surface area (Å²) in [5, 5.41) is 0. The van der Waals surface area contributed by atoms with E-state index in [4.69, 9.17) is 9.47 Å². The summed E-state index contributed by atoms with van der Waals surface area (Å²) in [6.07, 6.45) is 3.08. The number of carbonyl (C=O) groups is 1. The second-order valence-electron chi connectivity index (χ2n) is 7.79. The highest BCUT2D eigenvalue weighted by Crippen LogP contribution is 2.34. The zero-order valence-electron chi connectivity index (χ0n) is 16.4. The average molecular weight is 382 g/mol. The molecule has 3 heterocycles. The maximum Gasteiger partial charge on any atom is 0.263 e. The van der Waals surface area contributed by atoms with Gasteiger partial charge in [0.15, 0.2) is 5.79 Å². The Morgan fingerprint density at radius 3 is 2.68 bits per heavy atom. The molecule has 2 aliphatic heterocycles. The Morgan fingerprint density at radius 1 is 1.21 bits per heavy atom. The number of hydrogen-bond donors (Lipinski definition) is 0. The SMILES string of the molecule is Cc1cccc(Cn2cccc(C(=O)N3CCC4(CC3)OCC(C)O4)c2=O)c1. The van der Waals surface area contributed by atoms with Crippen molar-refractivity contribution in [2.45, 2.75) is 45.1 Å². The molecule has 0 radical (unpaired) electrons. The number of piperidine rings is 1. The first-order valence-corrected chi connectivity index (χ1v) is 9.82. The van der Waals surface area contributed by atoms with E-state index in [0.717, 1.165) is 11.1 Å². The number of carbonyl (C=O) groups excluding carboxylic acids is 1. The summed E-state index contributed by atoms with van der Waals surface area (Å²) < 4.78 is 13.3. The number of benzene rings is 1. The molecule has 1 atom stereocenters. The molecule has 2 fully saturated rings. The van der Waals surface area contributed by atoms with Crippen LogP contribution in [0.3, 0.4) is 0 Å². The molecule has 4 rings (SSSR count). The van der Waals surface area contributed by atoms with E-state index in [-0.39, 0.29) is 23.1 Å². The minimum absolute atomic E-state index is 0.0881. The van der Waals surface area contributed by atoms with Crippen molar-refractivity contribution in [3.63, 3.8) is 0 Å². The van der Waals surface area contributed by atoms with Crippen molar-refractivity contribution in [2.75, 3.05) is 19.7 Å². The van der Waals surface area contributed by atoms with E-state index in [0.29, 0.717) is 39.1 Å². The lowest BCUT2D eigenvalue weighted by molar-refractivity contribution is -0.189. The molecular formula is C22H26N2O4. The fourth-order valence-corrected chi connectivity index (χ4v) is 4.02. The topological polar surface area (TPSA) is 60.8 Å². The molecule has 2 saturated heterocycles. The van der Waals surface area contributed by atoms with Gasteiger partial charge >= 0.3 is 0 Å². The highest BCUT2D eigenvalue weighted by atomic mass is 16.7. The summed E-state index contributed by atoms with van der Waals surface area (Å²) >= 11 is 0. The largest absolute Gasteiger partial charge is 0.347 e. The monoisotopic (exact) mass is 382 g/mol. The second kappa shape index (κ2) is 7.53. The Labute approximate surface area is 164 Å². The van der Waals surface area contributed by atoms with E-state index in [1.807, 2.05) is 38.1 Å². The van der Waals surface area contributed by atoms with Crippen LogP contribution in [0.4, 0.5) is 0 Å². The quantitative estimate of drug-likeness (QED) is 0.819. The number of pyridine rings is 1. The molecule has 2 aliphatic rings. The Balaban J connectivity index is 1.49. The molecule has 1 aromatic heterocycles. The standard InChI is InChI=1S/C22H26N2O4/c1-16-5-3-6-18(13-16)14-24-10-4-7-19(21(24)26)20(25)23-11-8-22(9-12-23)27-15-17(2)28-22/h3-7,10,13,17H,8-9,11-12,14-15H2,1-2H3. The molecule has 6 nitrogen and oxygen atoms in total. The molecule has 0 N–H and O–H groups in total. The Hall–Kier alpha value is -2.44. The summed E-state index contributed by atoms with van der Waals surface area (Å²) in [6.45, 7) is 6.11. The summed E-state index contributed by atoms with van der Waals surface area (Å²) in [5.74, 6) is -0.775. The van der Waals surface area contributed by atoms with E-state index in [9.17, 15) is 9.59 Å². The van der Waals surface area contributed by atoms with Crippen LogP contribution >= 0.6 is 0 Å². The van der Waals surface area contributed by atoms with Gasteiger partial charge in [-0.15, -0.1) is 0 Å². The minimum atomic E-state index is -0.557. The number of amides is 1. The summed E-state index contributed by atoms with van der Waals surface area (Å²) in [4.78, 5) is 27.6. The average Bonchev–Trinajstić information content (AvgIpc) is 3.04. The van der Waals surface area contributed by atoms with Crippen molar-refractivity contribution < 1.29 is 14.3 Å². The van der Waals surface area contributed by atoms with Crippen LogP contribution in [-0.2, 0) is 16.0 Å². The molecule has 0 saturated carbocycles. The fourth-order valence-electron chi connectivity index (χ4n) is 4.02. The molecule has 1 amide bonds. The molecule has 2 aromatic rings. The predicted octanol–water partition coefficient (Wildman–Crippen LogP) is 2.57. The van der Waals surface area contributed by atoms with Gasteiger partial charge in [0.2, 0.25) is 0 Å². The van der Waals surface area contributed by atoms with Gasteiger partial charge in [0.25, 0.3) is 11.5 Å². The number of hydrogen-bond acceptors (Lipinski definition) is 4. The van der Waals surface area contributed by atoms with Crippen LogP contribution < -0.4 is 5.56 Å². The maximum absolute atomic E-state index is 13.0. The molecule has 0 aliphatic carbocycles. The number of nitrogens with zero attached hydrogens (tertiary/aromatic N) is 2. The Bertz CT molecular complexity index is 928. The number of ether oxygens (including phenoxy) is 2. The van der Waals surface area contributed by atoms with E-state index in [1.54, 1.807) is 27.8 Å². The van der Waals surface area contributed by atoms with Gasteiger partial charge in [0.05, 0.1) is 19.3 Å². The van der Waals surface area contributed by atoms with Crippen LogP contribution in [0.1, 0.15) is 41.3 Å². The highest BCUT2D eigenvalue weighted by Gasteiger charge is 2.43. The van der Waals surface area contributed by atoms with Gasteiger partial charge in [-0.25, -0.2) is 0 Å². The van der Waals surface area contributed by atoms with Gasteiger partial charge in [0.1, 0.15) is 5.56 Å². The third kappa shape index (κ3) is 3.75. The van der Waals surface area contributed by atoms with Crippen molar-refractivity contribution >= 4 is 5.91 Å². The third-order valence-corrected chi connectivity index (χ3v) is 5.50. The van der Waals surface area contributed by atoms with Gasteiger partial charge in [-0.05, 0) is 31.5 Å². The van der Waals surface area contributed by atoms with Crippen LogP contribution in [0.5, 0.6) is 0 Å². The number of rotatable bonds is 3. The number of likely N-dealkylation sites (tertiary alicyclic amines) is 1. The van der Waals surface area contributed by atoms with Gasteiger partial charge in [0, 0.05) is 32.1 Å². The molecule has 0 bridgehead atoms. The van der Waals surface area contributed by atoms with Crippen molar-refractivity contribution in [2.24, 2.45) is 0 Å². The molecule has 1 aromatic carbocycles. The van der Waals surface area contributed by atoms with Gasteiger partial charge in [-0.2, -0.15) is 0 Å². The molecule has 6 heteroatoms. The summed E-state index contributed by atoms with van der Waals surface area (Å²) in [6, 6.07) is 11.4. The van der Waals surface area contributed by atoms with E-state index >= 15 is 0 Å². The first-order valence-electron chi connectivity index (χ1n) is 9.82. The molecule has 148 valence electrons. The van der Waals surface area contributed by atoms with Gasteiger partial charge in [-0.3, -0.25) is 9.59 Å². The minimum Gasteiger partial charge on any atom is -0.347 e. The van der Waals surface area contributed by atoms with E-state index in [1.165, 1.54) is 0 Å². The van der Waals surface area contributed by atoms with Gasteiger partial charge in [-0.1, -0.05) is 29.8 Å². The first-order chi connectivity index (χ1) is 13.5. The zero-order chi connectivity index (χ0) is 19.7. The molecule has 1 unspecified atom stereocenters. The summed E-state index contributed by atoms with van der Waals surface area (Å²) in [5.41, 5.74) is 2.14. The van der Waals surface area contributed by atoms with Crippen LogP contribution in [-0.4, -0.2) is 47.0 Å². The van der Waals surface area contributed by atoms with Crippen LogP contribution in [0.15, 0.2) is 47.4 Å². The van der Waals surface area contributed by atoms with Gasteiger partial charge < -0.3 is 18.9 Å². The van der Waals surface area contributed by atoms with Crippen molar-refractivity contribution in [3.8, 4) is 0 Å². The molecular weight excluding hydrogens is 356 g/mol. The van der Waals surface area contributed by atoms with Crippen molar-refractivity contribution in [3.05, 3.63) is 69.6 Å². The lowest BCUT2D eigenvalue weighted by atomic mass is 10.0. The number of aryl methyl sites for hydroxylation is 1. The van der Waals surface area contributed by atoms with E-state index in [2.05, 4.69) is 0 Å². The van der Waals surface area contributed by atoms with Crippen LogP contribution in [0.2, 0.25) is 0 Å². The lowest BCUT2D eigenvalue weighted by Crippen LogP contribution is -2.48. The second-order valence-corrected chi connectivity index (χ2v) is 7.79. The smallest absolute Gasteiger partial charge is 0.263 e. The van der Waals surface area contributed by atoms with Crippen LogP contribution in [0, 0.1) is 6.92 Å². The van der Waals surface area contributed by atoms with Crippen LogP contribution in [0.25, 0.3) is 0 Å². The predicted molar refractivity (Wildman–Crippen MR) is 105 cm³/mol. The Kier molecular flexibility index (Phi) is 5.08. The molecule has 1 spiro atoms. The maximum atomic E-state index is 13.0. The van der Waals surface area contributed by atoms with E-state index < -0.39 is 5.79 Å². The van der Waals surface area contributed by atoms with Crippen molar-refractivity contribution in [1.82, 2.24) is 9.47 Å². The fraction of sp³-hybridized carbons (Fsp3) is 0.455. The summed E-state index contributed by atoms with van der Waals surface area (Å²) in [7, 11) is 0. The Morgan fingerprint density at radius 2 is 2.00 bits per heavy atom. The highest BCUT2D eigenvalue weighted by molar-refractivity contribution is 5.93.